The average Bonchev–Trinajstić information content (AvgIpc) is 2.66. The normalized spacial score (nSPS) is 16.6. The van der Waals surface area contributed by atoms with Gasteiger partial charge in [0.15, 0.2) is 0 Å². The van der Waals surface area contributed by atoms with Crippen molar-refractivity contribution in [2.75, 3.05) is 7.11 Å². The molecule has 0 amide bonds. The molecular weight excluding hydrogens is 352 g/mol. The molecular formula is C20H19ClN2O3. The van der Waals surface area contributed by atoms with Crippen molar-refractivity contribution >= 4 is 23.6 Å². The van der Waals surface area contributed by atoms with Gasteiger partial charge in [-0.1, -0.05) is 54.1 Å². The van der Waals surface area contributed by atoms with Gasteiger partial charge in [-0.05, 0) is 30.2 Å². The van der Waals surface area contributed by atoms with Crippen LogP contribution in [0.15, 0.2) is 70.9 Å². The second-order valence-electron chi connectivity index (χ2n) is 5.82. The number of amidine groups is 1. The van der Waals surface area contributed by atoms with E-state index in [1.54, 1.807) is 19.1 Å². The van der Waals surface area contributed by atoms with E-state index in [4.69, 9.17) is 21.1 Å². The van der Waals surface area contributed by atoms with Crippen LogP contribution in [0.1, 0.15) is 24.1 Å². The molecule has 1 aliphatic rings. The van der Waals surface area contributed by atoms with E-state index < -0.39 is 12.0 Å². The van der Waals surface area contributed by atoms with Gasteiger partial charge < -0.3 is 14.8 Å². The van der Waals surface area contributed by atoms with Gasteiger partial charge in [0, 0.05) is 10.7 Å². The third-order valence-corrected chi connectivity index (χ3v) is 4.24. The lowest BCUT2D eigenvalue weighted by molar-refractivity contribution is -0.140. The maximum Gasteiger partial charge on any atom is 0.338 e. The zero-order valence-corrected chi connectivity index (χ0v) is 15.3. The molecule has 0 fully saturated rings. The van der Waals surface area contributed by atoms with Gasteiger partial charge in [-0.15, -0.1) is 0 Å². The van der Waals surface area contributed by atoms with Crippen LogP contribution < -0.4 is 5.32 Å². The molecule has 0 radical (unpaired) electrons. The minimum atomic E-state index is -0.548. The number of hydrogen-bond acceptors (Lipinski definition) is 5. The van der Waals surface area contributed by atoms with Crippen LogP contribution in [-0.4, -0.2) is 19.1 Å². The predicted molar refractivity (Wildman–Crippen MR) is 101 cm³/mol. The van der Waals surface area contributed by atoms with Crippen molar-refractivity contribution < 1.29 is 14.3 Å². The van der Waals surface area contributed by atoms with Gasteiger partial charge >= 0.3 is 5.97 Å². The van der Waals surface area contributed by atoms with Crippen LogP contribution in [0.25, 0.3) is 0 Å². The van der Waals surface area contributed by atoms with Crippen molar-refractivity contribution in [2.45, 2.75) is 19.6 Å². The molecule has 3 rings (SSSR count). The molecule has 1 N–H and O–H groups in total. The Kier molecular flexibility index (Phi) is 5.58. The first kappa shape index (κ1) is 18.0. The Morgan fingerprint density at radius 2 is 1.96 bits per heavy atom. The highest BCUT2D eigenvalue weighted by atomic mass is 35.5. The molecule has 6 heteroatoms. The van der Waals surface area contributed by atoms with E-state index >= 15 is 0 Å². The Balaban J connectivity index is 1.87. The van der Waals surface area contributed by atoms with Crippen molar-refractivity contribution in [3.05, 3.63) is 82.0 Å². The number of halogens is 1. The highest BCUT2D eigenvalue weighted by molar-refractivity contribution is 6.30. The number of aliphatic imine (C=N–C) groups is 1. The number of hydrogen-bond donors (Lipinski definition) is 1. The molecule has 2 aromatic rings. The fourth-order valence-electron chi connectivity index (χ4n) is 2.73. The summed E-state index contributed by atoms with van der Waals surface area (Å²) in [6, 6.07) is 16.6. The highest BCUT2D eigenvalue weighted by Gasteiger charge is 2.31. The molecule has 1 aliphatic heterocycles. The van der Waals surface area contributed by atoms with Crippen molar-refractivity contribution in [3.63, 3.8) is 0 Å². The molecule has 0 aliphatic carbocycles. The molecule has 1 heterocycles. The second kappa shape index (κ2) is 8.06. The first-order valence-corrected chi connectivity index (χ1v) is 8.52. The number of esters is 1. The van der Waals surface area contributed by atoms with Crippen LogP contribution in [0, 0.1) is 0 Å². The van der Waals surface area contributed by atoms with E-state index in [1.165, 1.54) is 7.11 Å². The zero-order valence-electron chi connectivity index (χ0n) is 14.5. The van der Waals surface area contributed by atoms with E-state index in [-0.39, 0.29) is 6.61 Å². The lowest BCUT2D eigenvalue weighted by atomic mass is 9.96. The summed E-state index contributed by atoms with van der Waals surface area (Å²) in [7, 11) is 1.52. The molecule has 0 saturated carbocycles. The van der Waals surface area contributed by atoms with Gasteiger partial charge in [-0.3, -0.25) is 0 Å². The van der Waals surface area contributed by atoms with Gasteiger partial charge in [0.25, 0.3) is 6.02 Å². The number of allylic oxidation sites excluding steroid dienone is 1. The first-order valence-electron chi connectivity index (χ1n) is 8.14. The Bertz CT molecular complexity index is 862. The van der Waals surface area contributed by atoms with E-state index in [1.807, 2.05) is 42.5 Å². The quantitative estimate of drug-likeness (QED) is 0.826. The van der Waals surface area contributed by atoms with Crippen molar-refractivity contribution in [3.8, 4) is 0 Å². The summed E-state index contributed by atoms with van der Waals surface area (Å²) in [6.07, 6.45) is 0. The number of carbonyl (C=O) groups excluding carboxylic acids is 1. The largest absolute Gasteiger partial charge is 0.468 e. The van der Waals surface area contributed by atoms with Gasteiger partial charge in [-0.2, -0.15) is 0 Å². The molecule has 1 atom stereocenters. The lowest BCUT2D eigenvalue weighted by Gasteiger charge is -2.25. The summed E-state index contributed by atoms with van der Waals surface area (Å²) in [5.74, 6) is -0.428. The highest BCUT2D eigenvalue weighted by Crippen LogP contribution is 2.32. The number of rotatable bonds is 4. The smallest absolute Gasteiger partial charge is 0.338 e. The molecule has 0 bridgehead atoms. The van der Waals surface area contributed by atoms with Gasteiger partial charge in [0.2, 0.25) is 0 Å². The van der Waals surface area contributed by atoms with Crippen LogP contribution in [0.4, 0.5) is 0 Å². The third kappa shape index (κ3) is 4.06. The van der Waals surface area contributed by atoms with Crippen LogP contribution in [0.5, 0.6) is 0 Å². The van der Waals surface area contributed by atoms with Crippen LogP contribution in [0.3, 0.4) is 0 Å². The zero-order chi connectivity index (χ0) is 18.5. The molecule has 0 spiro atoms. The maximum absolute atomic E-state index is 12.8. The molecule has 26 heavy (non-hydrogen) atoms. The molecule has 2 aromatic carbocycles. The SMILES string of the molecule is COC1=NC(c2cccc(Cl)c2)C(C(=O)OCc2ccccc2)=C(C)N1. The minimum Gasteiger partial charge on any atom is -0.468 e. The van der Waals surface area contributed by atoms with Gasteiger partial charge in [0.1, 0.15) is 12.6 Å². The summed E-state index contributed by atoms with van der Waals surface area (Å²) in [5.41, 5.74) is 2.78. The standard InChI is InChI=1S/C20H19ClN2O3/c1-13-17(19(24)26-12-14-7-4-3-5-8-14)18(23-20(22-13)25-2)15-9-6-10-16(21)11-15/h3-11,18H,12H2,1-2H3,(H,22,23). The Hall–Kier alpha value is -2.79. The third-order valence-electron chi connectivity index (χ3n) is 4.01. The van der Waals surface area contributed by atoms with E-state index in [0.717, 1.165) is 11.1 Å². The summed E-state index contributed by atoms with van der Waals surface area (Å²) in [6.45, 7) is 1.99. The fourth-order valence-corrected chi connectivity index (χ4v) is 2.93. The van der Waals surface area contributed by atoms with Gasteiger partial charge in [-0.25, -0.2) is 9.79 Å². The van der Waals surface area contributed by atoms with Crippen LogP contribution in [0.2, 0.25) is 5.02 Å². The summed E-state index contributed by atoms with van der Waals surface area (Å²) in [5, 5.41) is 3.56. The number of ether oxygens (including phenoxy) is 2. The number of nitrogens with zero attached hydrogens (tertiary/aromatic N) is 1. The summed E-state index contributed by atoms with van der Waals surface area (Å²) in [4.78, 5) is 17.3. The van der Waals surface area contributed by atoms with Gasteiger partial charge in [0.05, 0.1) is 12.7 Å². The lowest BCUT2D eigenvalue weighted by Crippen LogP contribution is -2.33. The Morgan fingerprint density at radius 3 is 2.65 bits per heavy atom. The van der Waals surface area contributed by atoms with Crippen molar-refractivity contribution in [2.24, 2.45) is 4.99 Å². The molecule has 1 unspecified atom stereocenters. The summed E-state index contributed by atoms with van der Waals surface area (Å²) >= 11 is 6.11. The molecule has 134 valence electrons. The Labute approximate surface area is 157 Å². The van der Waals surface area contributed by atoms with E-state index in [0.29, 0.717) is 22.3 Å². The fraction of sp³-hybridized carbons (Fsp3) is 0.200. The topological polar surface area (TPSA) is 59.9 Å². The number of carbonyl (C=O) groups is 1. The molecule has 5 nitrogen and oxygen atoms in total. The predicted octanol–water partition coefficient (Wildman–Crippen LogP) is 4.00. The number of methoxy groups -OCH3 is 1. The first-order chi connectivity index (χ1) is 12.6. The Morgan fingerprint density at radius 1 is 1.19 bits per heavy atom. The molecule has 0 aromatic heterocycles. The van der Waals surface area contributed by atoms with E-state index in [9.17, 15) is 4.79 Å². The monoisotopic (exact) mass is 370 g/mol. The second-order valence-corrected chi connectivity index (χ2v) is 6.26. The average molecular weight is 371 g/mol. The summed E-state index contributed by atoms with van der Waals surface area (Å²) < 4.78 is 10.7. The number of benzene rings is 2. The maximum atomic E-state index is 12.8. The van der Waals surface area contributed by atoms with E-state index in [2.05, 4.69) is 10.3 Å². The van der Waals surface area contributed by atoms with Crippen molar-refractivity contribution in [1.29, 1.82) is 0 Å². The van der Waals surface area contributed by atoms with Crippen LogP contribution >= 0.6 is 11.6 Å². The number of nitrogens with one attached hydrogen (secondary N) is 1. The van der Waals surface area contributed by atoms with Crippen molar-refractivity contribution in [1.82, 2.24) is 5.32 Å². The van der Waals surface area contributed by atoms with Crippen LogP contribution in [-0.2, 0) is 20.9 Å². The molecule has 0 saturated heterocycles. The minimum absolute atomic E-state index is 0.194.